The molecule has 0 saturated heterocycles. The molecule has 168 valence electrons. The molecule has 8 heteroatoms. The number of amides is 2. The zero-order valence-corrected chi connectivity index (χ0v) is 18.2. The Balaban J connectivity index is 1.82. The van der Waals surface area contributed by atoms with Crippen LogP contribution in [0, 0.1) is 11.8 Å². The average Bonchev–Trinajstić information content (AvgIpc) is 3.05. The summed E-state index contributed by atoms with van der Waals surface area (Å²) in [6.07, 6.45) is 2.70. The van der Waals surface area contributed by atoms with Gasteiger partial charge in [-0.05, 0) is 18.8 Å². The van der Waals surface area contributed by atoms with E-state index >= 15 is 0 Å². The predicted octanol–water partition coefficient (Wildman–Crippen LogP) is 1.66. The van der Waals surface area contributed by atoms with Crippen molar-refractivity contribution in [2.75, 3.05) is 26.3 Å². The SMILES string of the molecule is CC(C)C[C@H](CC(=O)O)C(=O)N[C@H]1CC2C=[N+](CCOCCNC1=O)c1ccccc12. The first kappa shape index (κ1) is 22.9. The summed E-state index contributed by atoms with van der Waals surface area (Å²) in [4.78, 5) is 37.1. The lowest BCUT2D eigenvalue weighted by Gasteiger charge is -2.24. The number of para-hydroxylation sites is 1. The number of carboxylic acid groups (broad SMARTS) is 1. The predicted molar refractivity (Wildman–Crippen MR) is 116 cm³/mol. The molecule has 8 nitrogen and oxygen atoms in total. The van der Waals surface area contributed by atoms with Gasteiger partial charge in [-0.1, -0.05) is 32.0 Å². The Hall–Kier alpha value is -2.74. The molecule has 2 aliphatic heterocycles. The monoisotopic (exact) mass is 430 g/mol. The minimum atomic E-state index is -1.02. The van der Waals surface area contributed by atoms with E-state index in [2.05, 4.69) is 21.4 Å². The van der Waals surface area contributed by atoms with Crippen LogP contribution in [0.15, 0.2) is 24.3 Å². The Kier molecular flexibility index (Phi) is 7.79. The van der Waals surface area contributed by atoms with E-state index in [0.717, 1.165) is 11.3 Å². The summed E-state index contributed by atoms with van der Waals surface area (Å²) in [7, 11) is 0. The summed E-state index contributed by atoms with van der Waals surface area (Å²) in [5.41, 5.74) is 2.20. The van der Waals surface area contributed by atoms with Gasteiger partial charge in [-0.15, -0.1) is 0 Å². The highest BCUT2D eigenvalue weighted by molar-refractivity contribution is 5.90. The van der Waals surface area contributed by atoms with Gasteiger partial charge >= 0.3 is 5.97 Å². The Morgan fingerprint density at radius 3 is 2.81 bits per heavy atom. The molecule has 2 bridgehead atoms. The van der Waals surface area contributed by atoms with Crippen molar-refractivity contribution in [3.8, 4) is 0 Å². The van der Waals surface area contributed by atoms with Crippen molar-refractivity contribution in [2.24, 2.45) is 11.8 Å². The molecule has 2 amide bonds. The van der Waals surface area contributed by atoms with Crippen LogP contribution in [-0.2, 0) is 19.1 Å². The highest BCUT2D eigenvalue weighted by atomic mass is 16.5. The zero-order valence-electron chi connectivity index (χ0n) is 18.2. The van der Waals surface area contributed by atoms with Gasteiger partial charge in [0.25, 0.3) is 0 Å². The van der Waals surface area contributed by atoms with Gasteiger partial charge in [0.05, 0.1) is 18.9 Å². The van der Waals surface area contributed by atoms with Crippen molar-refractivity contribution in [1.82, 2.24) is 10.6 Å². The Morgan fingerprint density at radius 2 is 2.06 bits per heavy atom. The maximum absolute atomic E-state index is 13.0. The largest absolute Gasteiger partial charge is 0.481 e. The van der Waals surface area contributed by atoms with Crippen LogP contribution < -0.4 is 10.6 Å². The fourth-order valence-corrected chi connectivity index (χ4v) is 4.30. The third-order valence-electron chi connectivity index (χ3n) is 5.70. The van der Waals surface area contributed by atoms with Crippen LogP contribution in [0.1, 0.15) is 44.6 Å². The molecule has 0 fully saturated rings. The summed E-state index contributed by atoms with van der Waals surface area (Å²) in [6.45, 7) is 5.91. The maximum Gasteiger partial charge on any atom is 0.304 e. The zero-order chi connectivity index (χ0) is 22.4. The summed E-state index contributed by atoms with van der Waals surface area (Å²) < 4.78 is 7.78. The number of benzene rings is 1. The molecule has 1 aromatic carbocycles. The number of hydrogen-bond donors (Lipinski definition) is 3. The van der Waals surface area contributed by atoms with Gasteiger partial charge in [-0.25, -0.2) is 0 Å². The third-order valence-corrected chi connectivity index (χ3v) is 5.70. The van der Waals surface area contributed by atoms with Crippen LogP contribution in [0.3, 0.4) is 0 Å². The molecule has 0 saturated carbocycles. The smallest absolute Gasteiger partial charge is 0.304 e. The van der Waals surface area contributed by atoms with Crippen molar-refractivity contribution in [3.63, 3.8) is 0 Å². The number of carbonyl (C=O) groups is 3. The summed E-state index contributed by atoms with van der Waals surface area (Å²) >= 11 is 0. The van der Waals surface area contributed by atoms with Crippen molar-refractivity contribution in [2.45, 2.75) is 45.1 Å². The molecular formula is C23H32N3O5+. The first-order chi connectivity index (χ1) is 14.8. The fraction of sp³-hybridized carbons (Fsp3) is 0.565. The molecule has 3 N–H and O–H groups in total. The second kappa shape index (κ2) is 10.5. The van der Waals surface area contributed by atoms with Crippen LogP contribution in [0.4, 0.5) is 5.69 Å². The molecule has 3 rings (SSSR count). The topological polar surface area (TPSA) is 108 Å². The Morgan fingerprint density at radius 1 is 1.29 bits per heavy atom. The van der Waals surface area contributed by atoms with Crippen molar-refractivity contribution >= 4 is 29.7 Å². The molecule has 1 unspecified atom stereocenters. The number of nitrogens with zero attached hydrogens (tertiary/aromatic N) is 1. The standard InChI is InChI=1S/C23H31N3O5/c1-15(2)11-16(13-21(27)28)22(29)25-19-12-17-14-26(20-6-4-3-5-18(17)20)8-10-31-9-7-24-23(19)30/h3-6,14-17,19H,7-13H2,1-2H3,(H2-,24,25,27,28,29,30)/p+1/t16-,17?,19+/m1/s1. The number of nitrogens with one attached hydrogen (secondary N) is 2. The van der Waals surface area contributed by atoms with Crippen molar-refractivity contribution in [1.29, 1.82) is 0 Å². The van der Waals surface area contributed by atoms with Crippen molar-refractivity contribution < 1.29 is 28.8 Å². The molecule has 3 atom stereocenters. The molecule has 31 heavy (non-hydrogen) atoms. The normalized spacial score (nSPS) is 22.4. The maximum atomic E-state index is 13.0. The van der Waals surface area contributed by atoms with E-state index in [1.54, 1.807) is 0 Å². The number of carboxylic acids is 1. The van der Waals surface area contributed by atoms with Gasteiger partial charge in [0.15, 0.2) is 12.8 Å². The van der Waals surface area contributed by atoms with E-state index in [4.69, 9.17) is 4.74 Å². The van der Waals surface area contributed by atoms with Gasteiger partial charge in [0.2, 0.25) is 17.5 Å². The minimum absolute atomic E-state index is 0.0327. The average molecular weight is 431 g/mol. The van der Waals surface area contributed by atoms with E-state index in [1.807, 2.05) is 38.1 Å². The van der Waals surface area contributed by atoms with Crippen LogP contribution in [0.5, 0.6) is 0 Å². The number of carbonyl (C=O) groups excluding carboxylic acids is 2. The molecule has 0 spiro atoms. The molecular weight excluding hydrogens is 398 g/mol. The number of hydrogen-bond acceptors (Lipinski definition) is 4. The summed E-state index contributed by atoms with van der Waals surface area (Å²) in [5.74, 6) is -2.22. The molecule has 2 aliphatic rings. The fourth-order valence-electron chi connectivity index (χ4n) is 4.30. The van der Waals surface area contributed by atoms with Gasteiger partial charge in [-0.2, -0.15) is 4.58 Å². The first-order valence-corrected chi connectivity index (χ1v) is 10.9. The Bertz CT molecular complexity index is 851. The van der Waals surface area contributed by atoms with Gasteiger partial charge in [0, 0.05) is 24.1 Å². The van der Waals surface area contributed by atoms with Gasteiger partial charge in [0.1, 0.15) is 12.6 Å². The molecule has 0 aromatic heterocycles. The van der Waals surface area contributed by atoms with Crippen LogP contribution in [-0.4, -0.2) is 66.0 Å². The number of aliphatic carboxylic acids is 1. The van der Waals surface area contributed by atoms with E-state index in [0.29, 0.717) is 39.1 Å². The summed E-state index contributed by atoms with van der Waals surface area (Å²) in [6, 6.07) is 7.28. The lowest BCUT2D eigenvalue weighted by Crippen LogP contribution is -2.50. The van der Waals surface area contributed by atoms with E-state index in [-0.39, 0.29) is 30.1 Å². The van der Waals surface area contributed by atoms with Crippen LogP contribution in [0.25, 0.3) is 0 Å². The van der Waals surface area contributed by atoms with E-state index in [9.17, 15) is 19.5 Å². The lowest BCUT2D eigenvalue weighted by atomic mass is 9.91. The summed E-state index contributed by atoms with van der Waals surface area (Å²) in [5, 5.41) is 14.9. The first-order valence-electron chi connectivity index (χ1n) is 10.9. The highest BCUT2D eigenvalue weighted by Gasteiger charge is 2.35. The quantitative estimate of drug-likeness (QED) is 0.595. The van der Waals surface area contributed by atoms with Crippen LogP contribution >= 0.6 is 0 Å². The number of fused-ring (bicyclic) bond motifs is 4. The molecule has 2 heterocycles. The van der Waals surface area contributed by atoms with Gasteiger partial charge in [-0.3, -0.25) is 14.4 Å². The second-order valence-corrected chi connectivity index (χ2v) is 8.63. The second-order valence-electron chi connectivity index (χ2n) is 8.63. The highest BCUT2D eigenvalue weighted by Crippen LogP contribution is 2.34. The third kappa shape index (κ3) is 6.13. The number of rotatable bonds is 6. The van der Waals surface area contributed by atoms with Gasteiger partial charge < -0.3 is 20.5 Å². The van der Waals surface area contributed by atoms with Crippen LogP contribution in [0.2, 0.25) is 0 Å². The van der Waals surface area contributed by atoms with Crippen molar-refractivity contribution in [3.05, 3.63) is 29.8 Å². The molecule has 0 aliphatic carbocycles. The minimum Gasteiger partial charge on any atom is -0.481 e. The molecule has 1 aromatic rings. The lowest BCUT2D eigenvalue weighted by molar-refractivity contribution is -0.437. The van der Waals surface area contributed by atoms with E-state index < -0.39 is 17.9 Å². The number of ether oxygens (including phenoxy) is 1. The Labute approximate surface area is 182 Å². The van der Waals surface area contributed by atoms with E-state index in [1.165, 1.54) is 0 Å². The molecule has 0 radical (unpaired) electrons.